The average Bonchev–Trinajstić information content (AvgIpc) is 2.83. The van der Waals surface area contributed by atoms with Crippen molar-refractivity contribution in [2.45, 2.75) is 4.90 Å². The summed E-state index contributed by atoms with van der Waals surface area (Å²) < 4.78 is 38.3. The van der Waals surface area contributed by atoms with Gasteiger partial charge in [-0.2, -0.15) is 5.10 Å². The number of nitrogens with one attached hydrogen (secondary N) is 1. The van der Waals surface area contributed by atoms with E-state index in [2.05, 4.69) is 15.5 Å². The summed E-state index contributed by atoms with van der Waals surface area (Å²) in [6.07, 6.45) is 4.60. The number of benzene rings is 2. The maximum Gasteiger partial charge on any atom is 0.264 e. The highest BCUT2D eigenvalue weighted by Crippen LogP contribution is 2.35. The van der Waals surface area contributed by atoms with Crippen LogP contribution in [0.5, 0.6) is 11.5 Å². The standard InChI is InChI=1S/C22H22N4O5S/c1-30-18-10-11-20(21(13-18)31-2)26(32(28,29)19-8-4-3-5-9-19)16-22(27)25-24-15-17-7-6-12-23-14-17/h3-15H,16H2,1-2H3,(H,25,27)/b24-15-. The molecule has 0 bridgehead atoms. The van der Waals surface area contributed by atoms with Crippen molar-refractivity contribution in [1.82, 2.24) is 10.4 Å². The van der Waals surface area contributed by atoms with Crippen molar-refractivity contribution < 1.29 is 22.7 Å². The van der Waals surface area contributed by atoms with Crippen LogP contribution in [0.4, 0.5) is 5.69 Å². The number of nitrogens with zero attached hydrogens (tertiary/aromatic N) is 3. The number of carbonyl (C=O) groups is 1. The maximum atomic E-state index is 13.4. The van der Waals surface area contributed by atoms with Crippen molar-refractivity contribution in [2.24, 2.45) is 5.10 Å². The second kappa shape index (κ2) is 10.4. The molecule has 0 aliphatic rings. The minimum absolute atomic E-state index is 0.0320. The van der Waals surface area contributed by atoms with E-state index in [-0.39, 0.29) is 16.3 Å². The molecule has 32 heavy (non-hydrogen) atoms. The van der Waals surface area contributed by atoms with E-state index in [1.807, 2.05) is 0 Å². The zero-order chi connectivity index (χ0) is 23.0. The smallest absolute Gasteiger partial charge is 0.264 e. The van der Waals surface area contributed by atoms with Gasteiger partial charge in [0, 0.05) is 24.0 Å². The minimum Gasteiger partial charge on any atom is -0.497 e. The quantitative estimate of drug-likeness (QED) is 0.393. The van der Waals surface area contributed by atoms with Gasteiger partial charge in [-0.15, -0.1) is 0 Å². The Balaban J connectivity index is 1.93. The highest BCUT2D eigenvalue weighted by atomic mass is 32.2. The molecule has 3 aromatic rings. The van der Waals surface area contributed by atoms with Gasteiger partial charge in [0.25, 0.3) is 15.9 Å². The van der Waals surface area contributed by atoms with Gasteiger partial charge >= 0.3 is 0 Å². The van der Waals surface area contributed by atoms with Crippen molar-refractivity contribution in [3.05, 3.63) is 78.6 Å². The molecule has 166 valence electrons. The van der Waals surface area contributed by atoms with Crippen molar-refractivity contribution in [3.63, 3.8) is 0 Å². The summed E-state index contributed by atoms with van der Waals surface area (Å²) >= 11 is 0. The number of carbonyl (C=O) groups excluding carboxylic acids is 1. The lowest BCUT2D eigenvalue weighted by Crippen LogP contribution is -2.39. The third-order valence-electron chi connectivity index (χ3n) is 4.36. The zero-order valence-electron chi connectivity index (χ0n) is 17.5. The molecule has 1 amide bonds. The lowest BCUT2D eigenvalue weighted by molar-refractivity contribution is -0.119. The SMILES string of the molecule is COc1ccc(N(CC(=O)N/N=C\c2cccnc2)S(=O)(=O)c2ccccc2)c(OC)c1. The van der Waals surface area contributed by atoms with E-state index < -0.39 is 22.5 Å². The molecular formula is C22H22N4O5S. The minimum atomic E-state index is -4.09. The van der Waals surface area contributed by atoms with Crippen LogP contribution in [-0.2, 0) is 14.8 Å². The van der Waals surface area contributed by atoms with Gasteiger partial charge in [0.2, 0.25) is 0 Å². The van der Waals surface area contributed by atoms with E-state index >= 15 is 0 Å². The summed E-state index contributed by atoms with van der Waals surface area (Å²) in [5.41, 5.74) is 3.21. The molecule has 0 radical (unpaired) electrons. The molecule has 1 aromatic heterocycles. The average molecular weight is 455 g/mol. The molecule has 0 spiro atoms. The Hall–Kier alpha value is -3.92. The molecule has 0 unspecified atom stereocenters. The van der Waals surface area contributed by atoms with E-state index in [0.29, 0.717) is 11.3 Å². The Kier molecular flexibility index (Phi) is 7.40. The van der Waals surface area contributed by atoms with Gasteiger partial charge in [0.05, 0.1) is 31.0 Å². The summed E-state index contributed by atoms with van der Waals surface area (Å²) in [7, 11) is -1.20. The van der Waals surface area contributed by atoms with Gasteiger partial charge in [-0.25, -0.2) is 13.8 Å². The molecule has 0 aliphatic carbocycles. The monoisotopic (exact) mass is 454 g/mol. The number of pyridine rings is 1. The van der Waals surface area contributed by atoms with Gasteiger partial charge in [-0.05, 0) is 30.3 Å². The lowest BCUT2D eigenvalue weighted by Gasteiger charge is -2.25. The first-order valence-electron chi connectivity index (χ1n) is 9.47. The summed E-state index contributed by atoms with van der Waals surface area (Å²) in [4.78, 5) is 16.6. The predicted molar refractivity (Wildman–Crippen MR) is 120 cm³/mol. The van der Waals surface area contributed by atoms with Gasteiger partial charge in [-0.3, -0.25) is 14.1 Å². The summed E-state index contributed by atoms with van der Waals surface area (Å²) in [6.45, 7) is -0.524. The summed E-state index contributed by atoms with van der Waals surface area (Å²) in [6, 6.07) is 16.0. The lowest BCUT2D eigenvalue weighted by atomic mass is 10.2. The van der Waals surface area contributed by atoms with Crippen molar-refractivity contribution in [2.75, 3.05) is 25.1 Å². The van der Waals surface area contributed by atoms with E-state index in [4.69, 9.17) is 9.47 Å². The van der Waals surface area contributed by atoms with E-state index in [1.165, 1.54) is 38.6 Å². The van der Waals surface area contributed by atoms with Gasteiger partial charge in [0.1, 0.15) is 18.0 Å². The number of ether oxygens (including phenoxy) is 2. The van der Waals surface area contributed by atoms with Crippen LogP contribution in [0.25, 0.3) is 0 Å². The number of hydrogen-bond donors (Lipinski definition) is 1. The van der Waals surface area contributed by atoms with Crippen LogP contribution in [0.3, 0.4) is 0 Å². The third kappa shape index (κ3) is 5.41. The highest BCUT2D eigenvalue weighted by Gasteiger charge is 2.29. The number of amides is 1. The molecule has 3 rings (SSSR count). The number of sulfonamides is 1. The van der Waals surface area contributed by atoms with Gasteiger partial charge < -0.3 is 9.47 Å². The Bertz CT molecular complexity index is 1190. The second-order valence-electron chi connectivity index (χ2n) is 6.44. The van der Waals surface area contributed by atoms with Crippen LogP contribution in [0.1, 0.15) is 5.56 Å². The molecule has 0 fully saturated rings. The summed E-state index contributed by atoms with van der Waals surface area (Å²) in [5, 5.41) is 3.88. The topological polar surface area (TPSA) is 110 Å². The molecule has 0 atom stereocenters. The maximum absolute atomic E-state index is 13.4. The largest absolute Gasteiger partial charge is 0.497 e. The molecule has 0 aliphatic heterocycles. The molecule has 1 N–H and O–H groups in total. The number of hydrazone groups is 1. The summed E-state index contributed by atoms with van der Waals surface area (Å²) in [5.74, 6) is 0.0752. The second-order valence-corrected chi connectivity index (χ2v) is 8.30. The molecule has 10 heteroatoms. The molecule has 0 saturated carbocycles. The van der Waals surface area contributed by atoms with Crippen LogP contribution in [-0.4, -0.2) is 46.3 Å². The van der Waals surface area contributed by atoms with Crippen LogP contribution in [0.2, 0.25) is 0 Å². The first-order chi connectivity index (χ1) is 15.5. The molecule has 1 heterocycles. The van der Waals surface area contributed by atoms with Gasteiger partial charge in [-0.1, -0.05) is 24.3 Å². The number of anilines is 1. The normalized spacial score (nSPS) is 11.2. The van der Waals surface area contributed by atoms with Crippen molar-refractivity contribution in [1.29, 1.82) is 0 Å². The third-order valence-corrected chi connectivity index (χ3v) is 6.14. The number of methoxy groups -OCH3 is 2. The van der Waals surface area contributed by atoms with Crippen LogP contribution >= 0.6 is 0 Å². The molecule has 0 saturated heterocycles. The molecule has 2 aromatic carbocycles. The fourth-order valence-electron chi connectivity index (χ4n) is 2.81. The van der Waals surface area contributed by atoms with E-state index in [1.54, 1.807) is 54.9 Å². The first-order valence-corrected chi connectivity index (χ1v) is 10.9. The number of aromatic nitrogens is 1. The van der Waals surface area contributed by atoms with Crippen LogP contribution in [0.15, 0.2) is 83.1 Å². The Morgan fingerprint density at radius 1 is 1.09 bits per heavy atom. The Morgan fingerprint density at radius 2 is 1.88 bits per heavy atom. The number of hydrogen-bond acceptors (Lipinski definition) is 7. The van der Waals surface area contributed by atoms with Crippen molar-refractivity contribution >= 4 is 27.8 Å². The molecule has 9 nitrogen and oxygen atoms in total. The first kappa shape index (κ1) is 22.8. The molecular weight excluding hydrogens is 432 g/mol. The fraction of sp³-hybridized carbons (Fsp3) is 0.136. The Labute approximate surface area is 186 Å². The van der Waals surface area contributed by atoms with E-state index in [9.17, 15) is 13.2 Å². The Morgan fingerprint density at radius 3 is 2.53 bits per heavy atom. The predicted octanol–water partition coefficient (Wildman–Crippen LogP) is 2.44. The van der Waals surface area contributed by atoms with Crippen molar-refractivity contribution in [3.8, 4) is 11.5 Å². The van der Waals surface area contributed by atoms with Crippen LogP contribution < -0.4 is 19.2 Å². The van der Waals surface area contributed by atoms with Gasteiger partial charge in [0.15, 0.2) is 0 Å². The number of rotatable bonds is 9. The van der Waals surface area contributed by atoms with Crippen LogP contribution in [0, 0.1) is 0 Å². The zero-order valence-corrected chi connectivity index (χ0v) is 18.3. The van der Waals surface area contributed by atoms with E-state index in [0.717, 1.165) is 4.31 Å². The highest BCUT2D eigenvalue weighted by molar-refractivity contribution is 7.92. The fourth-order valence-corrected chi connectivity index (χ4v) is 4.26.